The van der Waals surface area contributed by atoms with Crippen LogP contribution in [0.25, 0.3) is 0 Å². The molecule has 0 aliphatic carbocycles. The predicted molar refractivity (Wildman–Crippen MR) is 81.5 cm³/mol. The second kappa shape index (κ2) is 12.1. The molecule has 2 aliphatic rings. The van der Waals surface area contributed by atoms with Crippen LogP contribution in [0.1, 0.15) is 12.8 Å². The Morgan fingerprint density at radius 1 is 1.25 bits per heavy atom. The van der Waals surface area contributed by atoms with Crippen LogP contribution in [-0.4, -0.2) is 70.1 Å². The van der Waals surface area contributed by atoms with Crippen molar-refractivity contribution in [2.45, 2.75) is 18.9 Å². The SMILES string of the molecule is NC=CCC1CNCCO1.NCCCN1CCOCC1. The molecule has 2 rings (SSSR count). The zero-order valence-electron chi connectivity index (χ0n) is 12.4. The van der Waals surface area contributed by atoms with Crippen molar-refractivity contribution in [3.63, 3.8) is 0 Å². The summed E-state index contributed by atoms with van der Waals surface area (Å²) in [5.41, 5.74) is 10.6. The monoisotopic (exact) mass is 286 g/mol. The van der Waals surface area contributed by atoms with Gasteiger partial charge in [0.2, 0.25) is 0 Å². The number of nitrogens with zero attached hydrogens (tertiary/aromatic N) is 1. The van der Waals surface area contributed by atoms with Crippen LogP contribution in [0.3, 0.4) is 0 Å². The summed E-state index contributed by atoms with van der Waals surface area (Å²) >= 11 is 0. The average Bonchev–Trinajstić information content (AvgIpc) is 2.53. The van der Waals surface area contributed by atoms with Crippen LogP contribution in [0.5, 0.6) is 0 Å². The molecule has 1 atom stereocenters. The molecule has 0 aromatic rings. The highest BCUT2D eigenvalue weighted by molar-refractivity contribution is 4.82. The molecule has 2 fully saturated rings. The number of ether oxygens (including phenoxy) is 2. The maximum absolute atomic E-state index is 5.41. The highest BCUT2D eigenvalue weighted by Gasteiger charge is 2.10. The minimum absolute atomic E-state index is 0.327. The van der Waals surface area contributed by atoms with Gasteiger partial charge < -0.3 is 26.3 Å². The zero-order valence-corrected chi connectivity index (χ0v) is 12.4. The van der Waals surface area contributed by atoms with Gasteiger partial charge in [-0.05, 0) is 32.1 Å². The fraction of sp³-hybridized carbons (Fsp3) is 0.857. The van der Waals surface area contributed by atoms with Gasteiger partial charge in [-0.3, -0.25) is 4.90 Å². The molecule has 6 heteroatoms. The van der Waals surface area contributed by atoms with Gasteiger partial charge in [0.05, 0.1) is 25.9 Å². The van der Waals surface area contributed by atoms with E-state index < -0.39 is 0 Å². The molecule has 2 heterocycles. The summed E-state index contributed by atoms with van der Waals surface area (Å²) in [5.74, 6) is 0. The van der Waals surface area contributed by atoms with E-state index in [2.05, 4.69) is 10.2 Å². The van der Waals surface area contributed by atoms with Crippen LogP contribution in [0.2, 0.25) is 0 Å². The Bertz CT molecular complexity index is 239. The van der Waals surface area contributed by atoms with E-state index in [1.54, 1.807) is 6.20 Å². The van der Waals surface area contributed by atoms with Gasteiger partial charge in [0.15, 0.2) is 0 Å². The number of nitrogens with two attached hydrogens (primary N) is 2. The van der Waals surface area contributed by atoms with E-state index in [4.69, 9.17) is 20.9 Å². The van der Waals surface area contributed by atoms with Gasteiger partial charge >= 0.3 is 0 Å². The quantitative estimate of drug-likeness (QED) is 0.632. The van der Waals surface area contributed by atoms with Crippen molar-refractivity contribution in [1.29, 1.82) is 0 Å². The summed E-state index contributed by atoms with van der Waals surface area (Å²) in [6.45, 7) is 8.64. The summed E-state index contributed by atoms with van der Waals surface area (Å²) in [6.07, 6.45) is 5.85. The molecule has 1 unspecified atom stereocenters. The Labute approximate surface area is 122 Å². The second-order valence-electron chi connectivity index (χ2n) is 4.96. The van der Waals surface area contributed by atoms with E-state index in [9.17, 15) is 0 Å². The van der Waals surface area contributed by atoms with Crippen molar-refractivity contribution >= 4 is 0 Å². The third-order valence-corrected chi connectivity index (χ3v) is 3.32. The molecule has 2 saturated heterocycles. The van der Waals surface area contributed by atoms with Gasteiger partial charge in [-0.15, -0.1) is 0 Å². The van der Waals surface area contributed by atoms with Gasteiger partial charge in [0.25, 0.3) is 0 Å². The number of morpholine rings is 2. The Morgan fingerprint density at radius 3 is 2.65 bits per heavy atom. The van der Waals surface area contributed by atoms with Crippen LogP contribution < -0.4 is 16.8 Å². The van der Waals surface area contributed by atoms with Gasteiger partial charge in [-0.2, -0.15) is 0 Å². The first kappa shape index (κ1) is 17.4. The summed E-state index contributed by atoms with van der Waals surface area (Å²) < 4.78 is 10.6. The maximum Gasteiger partial charge on any atom is 0.0735 e. The van der Waals surface area contributed by atoms with Gasteiger partial charge in [0, 0.05) is 26.2 Å². The molecule has 0 radical (unpaired) electrons. The first-order chi connectivity index (χ1) is 9.86. The van der Waals surface area contributed by atoms with E-state index in [1.165, 1.54) is 0 Å². The lowest BCUT2D eigenvalue weighted by molar-refractivity contribution is 0.0308. The fourth-order valence-electron chi connectivity index (χ4n) is 2.14. The molecule has 2 aliphatic heterocycles. The molecule has 0 aromatic heterocycles. The van der Waals surface area contributed by atoms with Crippen LogP contribution in [0.15, 0.2) is 12.3 Å². The summed E-state index contributed by atoms with van der Waals surface area (Å²) in [7, 11) is 0. The second-order valence-corrected chi connectivity index (χ2v) is 4.96. The van der Waals surface area contributed by atoms with Crippen molar-refractivity contribution in [2.75, 3.05) is 59.1 Å². The number of hydrogen-bond donors (Lipinski definition) is 3. The maximum atomic E-state index is 5.41. The van der Waals surface area contributed by atoms with Crippen molar-refractivity contribution in [3.05, 3.63) is 12.3 Å². The van der Waals surface area contributed by atoms with Crippen molar-refractivity contribution in [3.8, 4) is 0 Å². The standard InChI is InChI=1S/C7H16N2O.C7H14N2O/c8-2-1-3-9-4-6-10-7-5-9;8-3-1-2-7-6-9-4-5-10-7/h1-8H2;1,3,7,9H,2,4-6,8H2. The third-order valence-electron chi connectivity index (χ3n) is 3.32. The summed E-state index contributed by atoms with van der Waals surface area (Å²) in [5, 5.41) is 3.24. The highest BCUT2D eigenvalue weighted by atomic mass is 16.5. The van der Waals surface area contributed by atoms with Crippen molar-refractivity contribution < 1.29 is 9.47 Å². The molecule has 0 bridgehead atoms. The normalized spacial score (nSPS) is 24.4. The topological polar surface area (TPSA) is 85.8 Å². The van der Waals surface area contributed by atoms with Gasteiger partial charge in [0.1, 0.15) is 0 Å². The molecular weight excluding hydrogens is 256 g/mol. The molecule has 6 nitrogen and oxygen atoms in total. The lowest BCUT2D eigenvalue weighted by Crippen LogP contribution is -2.38. The van der Waals surface area contributed by atoms with Crippen LogP contribution in [-0.2, 0) is 9.47 Å². The van der Waals surface area contributed by atoms with E-state index in [1.807, 2.05) is 6.08 Å². The molecule has 0 spiro atoms. The first-order valence-electron chi connectivity index (χ1n) is 7.56. The first-order valence-corrected chi connectivity index (χ1v) is 7.56. The number of nitrogens with one attached hydrogen (secondary N) is 1. The van der Waals surface area contributed by atoms with E-state index in [0.717, 1.165) is 71.9 Å². The lowest BCUT2D eigenvalue weighted by atomic mass is 10.2. The Morgan fingerprint density at radius 2 is 2.05 bits per heavy atom. The lowest BCUT2D eigenvalue weighted by Gasteiger charge is -2.26. The van der Waals surface area contributed by atoms with Crippen LogP contribution >= 0.6 is 0 Å². The Kier molecular flexibility index (Phi) is 10.5. The van der Waals surface area contributed by atoms with Crippen LogP contribution in [0.4, 0.5) is 0 Å². The number of rotatable bonds is 5. The Balaban J connectivity index is 0.000000200. The minimum atomic E-state index is 0.327. The average molecular weight is 286 g/mol. The molecule has 118 valence electrons. The molecule has 0 amide bonds. The van der Waals surface area contributed by atoms with E-state index >= 15 is 0 Å². The highest BCUT2D eigenvalue weighted by Crippen LogP contribution is 2.00. The van der Waals surface area contributed by atoms with Crippen molar-refractivity contribution in [1.82, 2.24) is 10.2 Å². The smallest absolute Gasteiger partial charge is 0.0735 e. The van der Waals surface area contributed by atoms with E-state index in [0.29, 0.717) is 6.10 Å². The third kappa shape index (κ3) is 8.50. The van der Waals surface area contributed by atoms with E-state index in [-0.39, 0.29) is 0 Å². The fourth-order valence-corrected chi connectivity index (χ4v) is 2.14. The predicted octanol–water partition coefficient (Wildman–Crippen LogP) is -0.495. The van der Waals surface area contributed by atoms with Crippen molar-refractivity contribution in [2.24, 2.45) is 11.5 Å². The molecule has 0 aromatic carbocycles. The summed E-state index contributed by atoms with van der Waals surface area (Å²) in [6, 6.07) is 0. The Hall–Kier alpha value is -0.660. The van der Waals surface area contributed by atoms with Gasteiger partial charge in [-0.1, -0.05) is 6.08 Å². The minimum Gasteiger partial charge on any atom is -0.405 e. The van der Waals surface area contributed by atoms with Gasteiger partial charge in [-0.25, -0.2) is 0 Å². The molecule has 0 saturated carbocycles. The molecular formula is C14H30N4O2. The van der Waals surface area contributed by atoms with Crippen LogP contribution in [0, 0.1) is 0 Å². The number of hydrogen-bond acceptors (Lipinski definition) is 6. The molecule has 20 heavy (non-hydrogen) atoms. The molecule has 5 N–H and O–H groups in total. The summed E-state index contributed by atoms with van der Waals surface area (Å²) in [4.78, 5) is 2.40. The largest absolute Gasteiger partial charge is 0.405 e. The zero-order chi connectivity index (χ0) is 14.5.